The normalized spacial score (nSPS) is 10.4. The van der Waals surface area contributed by atoms with Gasteiger partial charge >= 0.3 is 0 Å². The first-order valence-electron chi connectivity index (χ1n) is 6.76. The summed E-state index contributed by atoms with van der Waals surface area (Å²) < 4.78 is 0. The lowest BCUT2D eigenvalue weighted by molar-refractivity contribution is -0.118. The monoisotopic (exact) mass is 319 g/mol. The maximum Gasteiger partial charge on any atom is 0.230 e. The van der Waals surface area contributed by atoms with Crippen LogP contribution in [-0.2, 0) is 11.3 Å². The molecule has 0 aromatic heterocycles. The van der Waals surface area contributed by atoms with E-state index in [1.807, 2.05) is 24.3 Å². The molecule has 21 heavy (non-hydrogen) atoms. The minimum atomic E-state index is 0.0277. The van der Waals surface area contributed by atoms with E-state index in [4.69, 9.17) is 11.6 Å². The molecule has 0 bridgehead atoms. The Balaban J connectivity index is 1.82. The van der Waals surface area contributed by atoms with E-state index in [2.05, 4.69) is 37.4 Å². The van der Waals surface area contributed by atoms with Gasteiger partial charge < -0.3 is 5.32 Å². The van der Waals surface area contributed by atoms with Crippen molar-refractivity contribution in [1.82, 2.24) is 5.32 Å². The van der Waals surface area contributed by atoms with E-state index in [1.54, 1.807) is 11.8 Å². The molecule has 0 saturated carbocycles. The van der Waals surface area contributed by atoms with Crippen LogP contribution in [0.25, 0.3) is 0 Å². The fourth-order valence-corrected chi connectivity index (χ4v) is 3.06. The number of aryl methyl sites for hydroxylation is 2. The average molecular weight is 320 g/mol. The molecular formula is C17H18ClNOS. The molecule has 2 aromatic rings. The van der Waals surface area contributed by atoms with Crippen molar-refractivity contribution in [2.45, 2.75) is 25.3 Å². The van der Waals surface area contributed by atoms with Gasteiger partial charge in [-0.25, -0.2) is 0 Å². The number of carbonyl (C=O) groups is 1. The van der Waals surface area contributed by atoms with E-state index in [1.165, 1.54) is 11.1 Å². The molecule has 4 heteroatoms. The van der Waals surface area contributed by atoms with Crippen LogP contribution >= 0.6 is 23.4 Å². The van der Waals surface area contributed by atoms with E-state index in [0.29, 0.717) is 17.3 Å². The maximum absolute atomic E-state index is 11.9. The molecular weight excluding hydrogens is 302 g/mol. The fourth-order valence-electron chi connectivity index (χ4n) is 2.00. The zero-order valence-corrected chi connectivity index (χ0v) is 13.7. The van der Waals surface area contributed by atoms with Crippen LogP contribution in [0.4, 0.5) is 0 Å². The van der Waals surface area contributed by atoms with Crippen molar-refractivity contribution in [3.8, 4) is 0 Å². The standard InChI is InChI=1S/C17H18ClNOS/c1-12-6-7-16(13(2)8-12)21-11-17(20)19-10-14-4-3-5-15(18)9-14/h3-9H,10-11H2,1-2H3,(H,19,20). The maximum atomic E-state index is 11.9. The van der Waals surface area contributed by atoms with Crippen LogP contribution in [-0.4, -0.2) is 11.7 Å². The third-order valence-corrected chi connectivity index (χ3v) is 4.48. The molecule has 0 heterocycles. The third kappa shape index (κ3) is 5.10. The molecule has 0 spiro atoms. The van der Waals surface area contributed by atoms with Gasteiger partial charge in [0.05, 0.1) is 5.75 Å². The summed E-state index contributed by atoms with van der Waals surface area (Å²) in [6.07, 6.45) is 0. The molecule has 0 aliphatic carbocycles. The lowest BCUT2D eigenvalue weighted by Crippen LogP contribution is -2.24. The number of halogens is 1. The van der Waals surface area contributed by atoms with Crippen molar-refractivity contribution in [2.75, 3.05) is 5.75 Å². The molecule has 0 fully saturated rings. The van der Waals surface area contributed by atoms with Crippen molar-refractivity contribution in [3.63, 3.8) is 0 Å². The Bertz CT molecular complexity index is 642. The molecule has 0 atom stereocenters. The Labute approximate surface area is 134 Å². The number of carbonyl (C=O) groups excluding carboxylic acids is 1. The highest BCUT2D eigenvalue weighted by Gasteiger charge is 2.05. The predicted molar refractivity (Wildman–Crippen MR) is 89.9 cm³/mol. The third-order valence-electron chi connectivity index (χ3n) is 3.07. The van der Waals surface area contributed by atoms with Crippen LogP contribution in [0, 0.1) is 13.8 Å². The quantitative estimate of drug-likeness (QED) is 0.829. The van der Waals surface area contributed by atoms with Gasteiger partial charge in [-0.3, -0.25) is 4.79 Å². The lowest BCUT2D eigenvalue weighted by Gasteiger charge is -2.08. The second-order valence-corrected chi connectivity index (χ2v) is 6.42. The Morgan fingerprint density at radius 1 is 1.19 bits per heavy atom. The molecule has 0 radical (unpaired) electrons. The van der Waals surface area contributed by atoms with Gasteiger partial charge in [0.25, 0.3) is 0 Å². The van der Waals surface area contributed by atoms with Gasteiger partial charge in [0.2, 0.25) is 5.91 Å². The second kappa shape index (κ2) is 7.53. The van der Waals surface area contributed by atoms with Crippen LogP contribution in [0.15, 0.2) is 47.4 Å². The highest BCUT2D eigenvalue weighted by molar-refractivity contribution is 8.00. The van der Waals surface area contributed by atoms with E-state index in [9.17, 15) is 4.79 Å². The van der Waals surface area contributed by atoms with Gasteiger partial charge in [0.1, 0.15) is 0 Å². The smallest absolute Gasteiger partial charge is 0.230 e. The molecule has 1 amide bonds. The zero-order chi connectivity index (χ0) is 15.2. The van der Waals surface area contributed by atoms with Gasteiger partial charge in [-0.05, 0) is 43.2 Å². The summed E-state index contributed by atoms with van der Waals surface area (Å²) in [6, 6.07) is 13.8. The zero-order valence-electron chi connectivity index (χ0n) is 12.2. The number of hydrogen-bond acceptors (Lipinski definition) is 2. The highest BCUT2D eigenvalue weighted by atomic mass is 35.5. The second-order valence-electron chi connectivity index (χ2n) is 4.96. The van der Waals surface area contributed by atoms with Crippen molar-refractivity contribution < 1.29 is 4.79 Å². The van der Waals surface area contributed by atoms with E-state index < -0.39 is 0 Å². The minimum Gasteiger partial charge on any atom is -0.351 e. The van der Waals surface area contributed by atoms with Crippen LogP contribution in [0.2, 0.25) is 5.02 Å². The van der Waals surface area contributed by atoms with Gasteiger partial charge in [0, 0.05) is 16.5 Å². The molecule has 0 unspecified atom stereocenters. The Hall–Kier alpha value is -1.45. The average Bonchev–Trinajstić information content (AvgIpc) is 2.44. The SMILES string of the molecule is Cc1ccc(SCC(=O)NCc2cccc(Cl)c2)c(C)c1. The Morgan fingerprint density at radius 2 is 2.00 bits per heavy atom. The first-order chi connectivity index (χ1) is 10.0. The van der Waals surface area contributed by atoms with Gasteiger partial charge in [-0.1, -0.05) is 41.4 Å². The number of amides is 1. The predicted octanol–water partition coefficient (Wildman–Crippen LogP) is 4.37. The van der Waals surface area contributed by atoms with Crippen molar-refractivity contribution >= 4 is 29.3 Å². The molecule has 1 N–H and O–H groups in total. The Kier molecular flexibility index (Phi) is 5.71. The van der Waals surface area contributed by atoms with Gasteiger partial charge in [-0.15, -0.1) is 11.8 Å². The molecule has 0 aliphatic heterocycles. The summed E-state index contributed by atoms with van der Waals surface area (Å²) >= 11 is 7.48. The number of thioether (sulfide) groups is 1. The van der Waals surface area contributed by atoms with Crippen LogP contribution in [0.5, 0.6) is 0 Å². The summed E-state index contributed by atoms with van der Waals surface area (Å²) in [7, 11) is 0. The topological polar surface area (TPSA) is 29.1 Å². The molecule has 2 aromatic carbocycles. The summed E-state index contributed by atoms with van der Waals surface area (Å²) in [5.74, 6) is 0.449. The van der Waals surface area contributed by atoms with E-state index in [0.717, 1.165) is 10.5 Å². The summed E-state index contributed by atoms with van der Waals surface area (Å²) in [6.45, 7) is 4.64. The Morgan fingerprint density at radius 3 is 2.71 bits per heavy atom. The lowest BCUT2D eigenvalue weighted by atomic mass is 10.2. The number of benzene rings is 2. The first-order valence-corrected chi connectivity index (χ1v) is 8.12. The van der Waals surface area contributed by atoms with Crippen molar-refractivity contribution in [3.05, 3.63) is 64.2 Å². The number of hydrogen-bond donors (Lipinski definition) is 1. The molecule has 2 rings (SSSR count). The summed E-state index contributed by atoms with van der Waals surface area (Å²) in [5.41, 5.74) is 3.46. The van der Waals surface area contributed by atoms with Crippen LogP contribution < -0.4 is 5.32 Å². The molecule has 110 valence electrons. The number of nitrogens with one attached hydrogen (secondary N) is 1. The molecule has 0 aliphatic rings. The minimum absolute atomic E-state index is 0.0277. The highest BCUT2D eigenvalue weighted by Crippen LogP contribution is 2.22. The first kappa shape index (κ1) is 15.9. The number of rotatable bonds is 5. The van der Waals surface area contributed by atoms with E-state index in [-0.39, 0.29) is 5.91 Å². The van der Waals surface area contributed by atoms with Gasteiger partial charge in [-0.2, -0.15) is 0 Å². The van der Waals surface area contributed by atoms with E-state index >= 15 is 0 Å². The van der Waals surface area contributed by atoms with Crippen molar-refractivity contribution in [1.29, 1.82) is 0 Å². The fraction of sp³-hybridized carbons (Fsp3) is 0.235. The van der Waals surface area contributed by atoms with Crippen molar-refractivity contribution in [2.24, 2.45) is 0 Å². The largest absolute Gasteiger partial charge is 0.351 e. The summed E-state index contributed by atoms with van der Waals surface area (Å²) in [5, 5.41) is 3.60. The van der Waals surface area contributed by atoms with Gasteiger partial charge in [0.15, 0.2) is 0 Å². The summed E-state index contributed by atoms with van der Waals surface area (Å²) in [4.78, 5) is 13.0. The van der Waals surface area contributed by atoms with Crippen LogP contribution in [0.3, 0.4) is 0 Å². The molecule has 2 nitrogen and oxygen atoms in total. The van der Waals surface area contributed by atoms with Crippen LogP contribution in [0.1, 0.15) is 16.7 Å². The molecule has 0 saturated heterocycles.